The normalized spacial score (nSPS) is 12.2. The van der Waals surface area contributed by atoms with Crippen LogP contribution in [0.25, 0.3) is 0 Å². The van der Waals surface area contributed by atoms with Crippen molar-refractivity contribution < 1.29 is 27.1 Å². The van der Waals surface area contributed by atoms with Crippen LogP contribution < -0.4 is 19.1 Å². The number of amides is 1. The number of sulfonamides is 1. The van der Waals surface area contributed by atoms with Crippen LogP contribution in [-0.2, 0) is 16.6 Å². The van der Waals surface area contributed by atoms with Crippen LogP contribution in [0.15, 0.2) is 36.4 Å². The largest absolute Gasteiger partial charge is 0.493 e. The number of carbonyl (C=O) groups excluding carboxylic acids is 1. The van der Waals surface area contributed by atoms with E-state index in [1.807, 2.05) is 13.8 Å². The van der Waals surface area contributed by atoms with E-state index in [-0.39, 0.29) is 40.9 Å². The summed E-state index contributed by atoms with van der Waals surface area (Å²) in [5, 5.41) is 2.88. The Hall–Kier alpha value is -2.81. The monoisotopic (exact) mass is 452 g/mol. The molecule has 2 rings (SSSR count). The first-order valence-corrected chi connectivity index (χ1v) is 11.7. The first kappa shape index (κ1) is 24.5. The van der Waals surface area contributed by atoms with Gasteiger partial charge in [0.15, 0.2) is 11.5 Å². The molecule has 7 nitrogen and oxygen atoms in total. The Labute approximate surface area is 183 Å². The summed E-state index contributed by atoms with van der Waals surface area (Å²) in [6.07, 6.45) is 2.65. The van der Waals surface area contributed by atoms with Gasteiger partial charge in [-0.15, -0.1) is 0 Å². The van der Waals surface area contributed by atoms with Crippen LogP contribution in [0.4, 0.5) is 10.1 Å². The number of carbonyl (C=O) groups is 1. The Kier molecular flexibility index (Phi) is 8.27. The molecule has 0 aliphatic rings. The highest BCUT2D eigenvalue weighted by atomic mass is 32.2. The summed E-state index contributed by atoms with van der Waals surface area (Å²) in [4.78, 5) is 13.1. The zero-order valence-electron chi connectivity index (χ0n) is 18.4. The molecule has 0 aliphatic heterocycles. The number of ether oxygens (including phenoxy) is 2. The molecule has 170 valence electrons. The Morgan fingerprint density at radius 3 is 2.32 bits per heavy atom. The number of nitrogens with one attached hydrogen (secondary N) is 1. The van der Waals surface area contributed by atoms with Crippen molar-refractivity contribution in [2.24, 2.45) is 0 Å². The SMILES string of the molecule is CCC[C@@H](C)NC(=O)c1cc(OC)c(OC)cc1N(Cc1ccccc1F)S(C)(=O)=O. The molecule has 0 spiro atoms. The first-order valence-electron chi connectivity index (χ1n) is 9.90. The van der Waals surface area contributed by atoms with Crippen molar-refractivity contribution in [2.45, 2.75) is 39.3 Å². The second-order valence-corrected chi connectivity index (χ2v) is 9.16. The quantitative estimate of drug-likeness (QED) is 0.594. The van der Waals surface area contributed by atoms with Gasteiger partial charge in [-0.3, -0.25) is 9.10 Å². The number of benzene rings is 2. The van der Waals surface area contributed by atoms with Crippen molar-refractivity contribution in [3.63, 3.8) is 0 Å². The maximum atomic E-state index is 14.3. The number of nitrogens with zero attached hydrogens (tertiary/aromatic N) is 1. The predicted octanol–water partition coefficient (Wildman–Crippen LogP) is 3.73. The molecule has 31 heavy (non-hydrogen) atoms. The topological polar surface area (TPSA) is 84.9 Å². The van der Waals surface area contributed by atoms with Crippen molar-refractivity contribution in [1.29, 1.82) is 0 Å². The third kappa shape index (κ3) is 6.10. The maximum absolute atomic E-state index is 14.3. The van der Waals surface area contributed by atoms with Gasteiger partial charge in [-0.25, -0.2) is 12.8 Å². The van der Waals surface area contributed by atoms with E-state index in [9.17, 15) is 17.6 Å². The Balaban J connectivity index is 2.65. The van der Waals surface area contributed by atoms with E-state index >= 15 is 0 Å². The zero-order valence-corrected chi connectivity index (χ0v) is 19.3. The molecular weight excluding hydrogens is 423 g/mol. The molecule has 2 aromatic carbocycles. The van der Waals surface area contributed by atoms with Crippen molar-refractivity contribution in [3.8, 4) is 11.5 Å². The summed E-state index contributed by atoms with van der Waals surface area (Å²) < 4.78 is 51.3. The highest BCUT2D eigenvalue weighted by Gasteiger charge is 2.27. The summed E-state index contributed by atoms with van der Waals surface area (Å²) in [6.45, 7) is 3.59. The van der Waals surface area contributed by atoms with Crippen molar-refractivity contribution in [2.75, 3.05) is 24.8 Å². The molecule has 0 bridgehead atoms. The van der Waals surface area contributed by atoms with Gasteiger partial charge in [0, 0.05) is 17.7 Å². The zero-order chi connectivity index (χ0) is 23.2. The van der Waals surface area contributed by atoms with Crippen molar-refractivity contribution in [1.82, 2.24) is 5.32 Å². The number of hydrogen-bond donors (Lipinski definition) is 1. The number of anilines is 1. The molecule has 2 aromatic rings. The molecule has 0 saturated carbocycles. The van der Waals surface area contributed by atoms with E-state index in [1.54, 1.807) is 6.07 Å². The molecule has 9 heteroatoms. The number of halogens is 1. The van der Waals surface area contributed by atoms with E-state index in [1.165, 1.54) is 44.6 Å². The smallest absolute Gasteiger partial charge is 0.253 e. The average Bonchev–Trinajstić information content (AvgIpc) is 2.71. The van der Waals surface area contributed by atoms with Crippen LogP contribution >= 0.6 is 0 Å². The molecule has 0 aliphatic carbocycles. The second-order valence-electron chi connectivity index (χ2n) is 7.25. The van der Waals surface area contributed by atoms with Crippen LogP contribution in [0.2, 0.25) is 0 Å². The van der Waals surface area contributed by atoms with Gasteiger partial charge >= 0.3 is 0 Å². The maximum Gasteiger partial charge on any atom is 0.253 e. The standard InChI is InChI=1S/C22H29FN2O5S/c1-6-9-15(2)24-22(26)17-12-20(29-3)21(30-4)13-19(17)25(31(5,27)28)14-16-10-7-8-11-18(16)23/h7-8,10-13,15H,6,9,14H2,1-5H3,(H,24,26)/t15-/m1/s1. The minimum atomic E-state index is -3.88. The average molecular weight is 453 g/mol. The Morgan fingerprint density at radius 2 is 1.77 bits per heavy atom. The molecule has 0 unspecified atom stereocenters. The molecule has 0 heterocycles. The van der Waals surface area contributed by atoms with Gasteiger partial charge in [0.2, 0.25) is 10.0 Å². The summed E-state index contributed by atoms with van der Waals surface area (Å²) >= 11 is 0. The predicted molar refractivity (Wildman–Crippen MR) is 119 cm³/mol. The molecule has 1 amide bonds. The number of rotatable bonds is 10. The van der Waals surface area contributed by atoms with Crippen molar-refractivity contribution in [3.05, 3.63) is 53.3 Å². The van der Waals surface area contributed by atoms with Gasteiger partial charge in [0.05, 0.1) is 38.3 Å². The van der Waals surface area contributed by atoms with Gasteiger partial charge in [0.25, 0.3) is 5.91 Å². The van der Waals surface area contributed by atoms with Gasteiger partial charge in [-0.1, -0.05) is 31.5 Å². The van der Waals surface area contributed by atoms with E-state index in [2.05, 4.69) is 5.32 Å². The Bertz CT molecular complexity index is 1030. The van der Waals surface area contributed by atoms with Gasteiger partial charge in [-0.05, 0) is 25.5 Å². The summed E-state index contributed by atoms with van der Waals surface area (Å²) in [6, 6.07) is 8.63. The number of methoxy groups -OCH3 is 2. The summed E-state index contributed by atoms with van der Waals surface area (Å²) in [7, 11) is -1.05. The Morgan fingerprint density at radius 1 is 1.16 bits per heavy atom. The highest BCUT2D eigenvalue weighted by molar-refractivity contribution is 7.92. The fourth-order valence-electron chi connectivity index (χ4n) is 3.23. The molecule has 0 fully saturated rings. The first-order chi connectivity index (χ1) is 14.6. The van der Waals surface area contributed by atoms with Gasteiger partial charge in [0.1, 0.15) is 5.82 Å². The van der Waals surface area contributed by atoms with E-state index in [4.69, 9.17) is 9.47 Å². The minimum Gasteiger partial charge on any atom is -0.493 e. The lowest BCUT2D eigenvalue weighted by Crippen LogP contribution is -2.36. The lowest BCUT2D eigenvalue weighted by molar-refractivity contribution is 0.0938. The molecular formula is C22H29FN2O5S. The summed E-state index contributed by atoms with van der Waals surface area (Å²) in [5.41, 5.74) is 0.334. The third-order valence-corrected chi connectivity index (χ3v) is 5.91. The second kappa shape index (κ2) is 10.5. The van der Waals surface area contributed by atoms with Crippen molar-refractivity contribution >= 4 is 21.6 Å². The fourth-order valence-corrected chi connectivity index (χ4v) is 4.11. The molecule has 0 aromatic heterocycles. The molecule has 0 saturated heterocycles. The van der Waals surface area contributed by atoms with Gasteiger partial charge in [-0.2, -0.15) is 0 Å². The van der Waals surface area contributed by atoms with Crippen LogP contribution in [0, 0.1) is 5.82 Å². The third-order valence-electron chi connectivity index (χ3n) is 4.79. The van der Waals surface area contributed by atoms with E-state index < -0.39 is 21.7 Å². The van der Waals surface area contributed by atoms with Crippen LogP contribution in [0.1, 0.15) is 42.6 Å². The van der Waals surface area contributed by atoms with E-state index in [0.29, 0.717) is 0 Å². The van der Waals surface area contributed by atoms with Crippen LogP contribution in [0.3, 0.4) is 0 Å². The minimum absolute atomic E-state index is 0.0737. The van der Waals surface area contributed by atoms with Crippen LogP contribution in [0.5, 0.6) is 11.5 Å². The molecule has 1 atom stereocenters. The molecule has 1 N–H and O–H groups in total. The lowest BCUT2D eigenvalue weighted by Gasteiger charge is -2.26. The molecule has 0 radical (unpaired) electrons. The summed E-state index contributed by atoms with van der Waals surface area (Å²) in [5.74, 6) is -0.477. The fraction of sp³-hybridized carbons (Fsp3) is 0.409. The van der Waals surface area contributed by atoms with E-state index in [0.717, 1.165) is 23.4 Å². The van der Waals surface area contributed by atoms with Crippen LogP contribution in [-0.4, -0.2) is 40.8 Å². The highest BCUT2D eigenvalue weighted by Crippen LogP contribution is 2.37. The lowest BCUT2D eigenvalue weighted by atomic mass is 10.1. The number of hydrogen-bond acceptors (Lipinski definition) is 5. The van der Waals surface area contributed by atoms with Gasteiger partial charge < -0.3 is 14.8 Å².